The number of nitrogens with zero attached hydrogens (tertiary/aromatic N) is 1. The van der Waals surface area contributed by atoms with E-state index in [-0.39, 0.29) is 5.92 Å². The lowest BCUT2D eigenvalue weighted by atomic mass is 10.0. The summed E-state index contributed by atoms with van der Waals surface area (Å²) in [5.74, 6) is 0.0405. The second-order valence-corrected chi connectivity index (χ2v) is 4.09. The topological polar surface area (TPSA) is 29.5 Å². The molecule has 3 heteroatoms. The minimum atomic E-state index is 0.0405. The molecule has 0 fully saturated rings. The third-order valence-corrected chi connectivity index (χ3v) is 3.03. The molecule has 0 spiro atoms. The van der Waals surface area contributed by atoms with Crippen LogP contribution >= 0.6 is 0 Å². The first-order valence-electron chi connectivity index (χ1n) is 5.65. The molecule has 0 bridgehead atoms. The summed E-state index contributed by atoms with van der Waals surface area (Å²) in [4.78, 5) is 13.3. The Morgan fingerprint density at radius 2 is 2.31 bits per heavy atom. The molecule has 0 radical (unpaired) electrons. The number of carbonyl (C=O) groups is 1. The largest absolute Gasteiger partial charge is 0.385 e. The Bertz CT molecular complexity index is 365. The van der Waals surface area contributed by atoms with Gasteiger partial charge < -0.3 is 14.4 Å². The summed E-state index contributed by atoms with van der Waals surface area (Å²) >= 11 is 0. The molecule has 0 aromatic heterocycles. The normalized spacial score (nSPS) is 18.6. The maximum atomic E-state index is 11.0. The van der Waals surface area contributed by atoms with Crippen molar-refractivity contribution in [2.75, 3.05) is 31.7 Å². The maximum Gasteiger partial charge on any atom is 0.129 e. The van der Waals surface area contributed by atoms with Crippen LogP contribution in [0.1, 0.15) is 17.9 Å². The zero-order chi connectivity index (χ0) is 11.4. The fourth-order valence-corrected chi connectivity index (χ4v) is 2.25. The third kappa shape index (κ3) is 2.09. The van der Waals surface area contributed by atoms with E-state index in [1.165, 1.54) is 5.69 Å². The fourth-order valence-electron chi connectivity index (χ4n) is 2.25. The molecule has 0 N–H and O–H groups in total. The summed E-state index contributed by atoms with van der Waals surface area (Å²) in [6.45, 7) is 2.53. The Labute approximate surface area is 96.0 Å². The van der Waals surface area contributed by atoms with Crippen LogP contribution in [0.5, 0.6) is 0 Å². The number of para-hydroxylation sites is 1. The van der Waals surface area contributed by atoms with Crippen LogP contribution < -0.4 is 4.90 Å². The summed E-state index contributed by atoms with van der Waals surface area (Å²) in [5, 5.41) is 0. The monoisotopic (exact) mass is 219 g/mol. The van der Waals surface area contributed by atoms with Crippen molar-refractivity contribution in [3.63, 3.8) is 0 Å². The molecule has 86 valence electrons. The van der Waals surface area contributed by atoms with Gasteiger partial charge in [-0.1, -0.05) is 18.2 Å². The van der Waals surface area contributed by atoms with Gasteiger partial charge in [0, 0.05) is 32.5 Å². The van der Waals surface area contributed by atoms with Gasteiger partial charge in [0.15, 0.2) is 0 Å². The van der Waals surface area contributed by atoms with Gasteiger partial charge in [0.25, 0.3) is 0 Å². The molecule has 3 nitrogen and oxygen atoms in total. The number of hydrogen-bond acceptors (Lipinski definition) is 3. The molecule has 0 saturated heterocycles. The average Bonchev–Trinajstić information content (AvgIpc) is 2.68. The summed E-state index contributed by atoms with van der Waals surface area (Å²) in [7, 11) is 1.71. The second-order valence-electron chi connectivity index (χ2n) is 4.09. The van der Waals surface area contributed by atoms with Crippen LogP contribution in [0.3, 0.4) is 0 Å². The van der Waals surface area contributed by atoms with E-state index in [1.54, 1.807) is 7.11 Å². The van der Waals surface area contributed by atoms with Crippen LogP contribution in [0, 0.1) is 0 Å². The molecule has 1 aromatic carbocycles. The lowest BCUT2D eigenvalue weighted by Gasteiger charge is -2.18. The van der Waals surface area contributed by atoms with Gasteiger partial charge in [-0.15, -0.1) is 0 Å². The highest BCUT2D eigenvalue weighted by Crippen LogP contribution is 2.34. The fraction of sp³-hybridized carbons (Fsp3) is 0.462. The van der Waals surface area contributed by atoms with E-state index in [1.807, 2.05) is 18.2 Å². The van der Waals surface area contributed by atoms with E-state index >= 15 is 0 Å². The number of carbonyl (C=O) groups excluding carboxylic acids is 1. The number of ether oxygens (including phenoxy) is 1. The Morgan fingerprint density at radius 3 is 3.06 bits per heavy atom. The minimum absolute atomic E-state index is 0.0405. The van der Waals surface area contributed by atoms with Crippen LogP contribution in [-0.4, -0.2) is 33.1 Å². The lowest BCUT2D eigenvalue weighted by molar-refractivity contribution is -0.108. The van der Waals surface area contributed by atoms with Crippen LogP contribution in [0.2, 0.25) is 0 Å². The van der Waals surface area contributed by atoms with Crippen molar-refractivity contribution >= 4 is 12.0 Å². The number of aldehydes is 1. The smallest absolute Gasteiger partial charge is 0.129 e. The molecule has 1 heterocycles. The number of hydrogen-bond donors (Lipinski definition) is 0. The standard InChI is InChI=1S/C13H17NO2/c1-16-8-4-7-14-9-11(10-15)12-5-2-3-6-13(12)14/h2-3,5-6,10-11H,4,7-9H2,1H3. The molecule has 16 heavy (non-hydrogen) atoms. The molecule has 0 aliphatic carbocycles. The van der Waals surface area contributed by atoms with Crippen molar-refractivity contribution in [2.45, 2.75) is 12.3 Å². The quantitative estimate of drug-likeness (QED) is 0.559. The molecule has 2 rings (SSSR count). The van der Waals surface area contributed by atoms with Gasteiger partial charge in [-0.3, -0.25) is 0 Å². The number of methoxy groups -OCH3 is 1. The number of benzene rings is 1. The predicted octanol–water partition coefficient (Wildman–Crippen LogP) is 1.83. The third-order valence-electron chi connectivity index (χ3n) is 3.03. The first-order valence-corrected chi connectivity index (χ1v) is 5.65. The highest BCUT2D eigenvalue weighted by atomic mass is 16.5. The summed E-state index contributed by atoms with van der Waals surface area (Å²) < 4.78 is 5.05. The molecule has 1 aliphatic heterocycles. The Kier molecular flexibility index (Phi) is 3.57. The van der Waals surface area contributed by atoms with Crippen molar-refractivity contribution in [2.24, 2.45) is 0 Å². The zero-order valence-corrected chi connectivity index (χ0v) is 9.56. The summed E-state index contributed by atoms with van der Waals surface area (Å²) in [6.07, 6.45) is 2.05. The number of anilines is 1. The minimum Gasteiger partial charge on any atom is -0.385 e. The average molecular weight is 219 g/mol. The SMILES string of the molecule is COCCCN1CC(C=O)c2ccccc21. The van der Waals surface area contributed by atoms with Crippen LogP contribution in [0.25, 0.3) is 0 Å². The van der Waals surface area contributed by atoms with Crippen molar-refractivity contribution in [1.29, 1.82) is 0 Å². The van der Waals surface area contributed by atoms with E-state index in [9.17, 15) is 4.79 Å². The van der Waals surface area contributed by atoms with Gasteiger partial charge in [-0.2, -0.15) is 0 Å². The van der Waals surface area contributed by atoms with E-state index in [2.05, 4.69) is 11.0 Å². The number of fused-ring (bicyclic) bond motifs is 1. The van der Waals surface area contributed by atoms with Gasteiger partial charge in [-0.25, -0.2) is 0 Å². The molecule has 0 saturated carbocycles. The first kappa shape index (κ1) is 11.1. The van der Waals surface area contributed by atoms with Crippen LogP contribution in [0.15, 0.2) is 24.3 Å². The Hall–Kier alpha value is -1.35. The van der Waals surface area contributed by atoms with Crippen LogP contribution in [-0.2, 0) is 9.53 Å². The van der Waals surface area contributed by atoms with Gasteiger partial charge in [-0.05, 0) is 18.1 Å². The molecular formula is C13H17NO2. The van der Waals surface area contributed by atoms with Crippen molar-refractivity contribution in [3.05, 3.63) is 29.8 Å². The van der Waals surface area contributed by atoms with E-state index in [0.717, 1.165) is 38.0 Å². The zero-order valence-electron chi connectivity index (χ0n) is 9.56. The van der Waals surface area contributed by atoms with Gasteiger partial charge in [0.1, 0.15) is 6.29 Å². The predicted molar refractivity (Wildman–Crippen MR) is 64.0 cm³/mol. The van der Waals surface area contributed by atoms with E-state index < -0.39 is 0 Å². The lowest BCUT2D eigenvalue weighted by Crippen LogP contribution is -2.24. The maximum absolute atomic E-state index is 11.0. The highest BCUT2D eigenvalue weighted by molar-refractivity contribution is 5.74. The molecular weight excluding hydrogens is 202 g/mol. The van der Waals surface area contributed by atoms with E-state index in [4.69, 9.17) is 4.74 Å². The number of rotatable bonds is 5. The summed E-state index contributed by atoms with van der Waals surface area (Å²) in [5.41, 5.74) is 2.37. The molecule has 0 amide bonds. The van der Waals surface area contributed by atoms with Crippen molar-refractivity contribution in [3.8, 4) is 0 Å². The highest BCUT2D eigenvalue weighted by Gasteiger charge is 2.27. The molecule has 1 atom stereocenters. The molecule has 1 aromatic rings. The van der Waals surface area contributed by atoms with Gasteiger partial charge in [0.2, 0.25) is 0 Å². The van der Waals surface area contributed by atoms with Crippen molar-refractivity contribution < 1.29 is 9.53 Å². The first-order chi connectivity index (χ1) is 7.86. The summed E-state index contributed by atoms with van der Waals surface area (Å²) in [6, 6.07) is 8.15. The van der Waals surface area contributed by atoms with Crippen molar-refractivity contribution in [1.82, 2.24) is 0 Å². The Balaban J connectivity index is 2.09. The molecule has 1 aliphatic rings. The van der Waals surface area contributed by atoms with Crippen LogP contribution in [0.4, 0.5) is 5.69 Å². The van der Waals surface area contributed by atoms with E-state index in [0.29, 0.717) is 0 Å². The van der Waals surface area contributed by atoms with Gasteiger partial charge in [0.05, 0.1) is 5.92 Å². The van der Waals surface area contributed by atoms with Gasteiger partial charge >= 0.3 is 0 Å². The Morgan fingerprint density at radius 1 is 1.50 bits per heavy atom. The molecule has 1 unspecified atom stereocenters. The second kappa shape index (κ2) is 5.12.